The summed E-state index contributed by atoms with van der Waals surface area (Å²) in [5.41, 5.74) is 12.9. The van der Waals surface area contributed by atoms with Crippen molar-refractivity contribution in [1.82, 2.24) is 4.57 Å². The van der Waals surface area contributed by atoms with Crippen molar-refractivity contribution in [2.45, 2.75) is 0 Å². The first-order valence-corrected chi connectivity index (χ1v) is 18.8. The van der Waals surface area contributed by atoms with E-state index < -0.39 is 0 Å². The van der Waals surface area contributed by atoms with Gasteiger partial charge in [0.05, 0.1) is 28.1 Å². The summed E-state index contributed by atoms with van der Waals surface area (Å²) in [6, 6.07) is 74.1. The first-order chi connectivity index (χ1) is 27.3. The summed E-state index contributed by atoms with van der Waals surface area (Å²) in [5.74, 6) is 0. The zero-order valence-corrected chi connectivity index (χ0v) is 29.9. The lowest BCUT2D eigenvalue weighted by atomic mass is 9.94. The Bertz CT molecular complexity index is 3170. The zero-order valence-electron chi connectivity index (χ0n) is 29.9. The van der Waals surface area contributed by atoms with E-state index >= 15 is 0 Å². The molecule has 0 unspecified atom stereocenters. The summed E-state index contributed by atoms with van der Waals surface area (Å²) in [4.78, 5) is 2.43. The van der Waals surface area contributed by atoms with Gasteiger partial charge in [0.2, 0.25) is 0 Å². The molecule has 3 heteroatoms. The smallest absolute Gasteiger partial charge is 0.137 e. The number of hydrogen-bond donors (Lipinski definition) is 0. The molecule has 11 rings (SSSR count). The first kappa shape index (κ1) is 31.2. The van der Waals surface area contributed by atoms with Crippen LogP contribution in [0.3, 0.4) is 0 Å². The molecule has 2 heterocycles. The fourth-order valence-electron chi connectivity index (χ4n) is 8.51. The molecule has 0 saturated heterocycles. The molecule has 0 atom stereocenters. The second-order valence-electron chi connectivity index (χ2n) is 14.1. The number of para-hydroxylation sites is 5. The van der Waals surface area contributed by atoms with Gasteiger partial charge < -0.3 is 13.9 Å². The fraction of sp³-hybridized carbons (Fsp3) is 0. The Morgan fingerprint density at radius 1 is 0.364 bits per heavy atom. The number of nitrogens with zero attached hydrogens (tertiary/aromatic N) is 2. The molecule has 0 spiro atoms. The van der Waals surface area contributed by atoms with E-state index in [0.29, 0.717) is 0 Å². The van der Waals surface area contributed by atoms with Gasteiger partial charge in [0.15, 0.2) is 0 Å². The van der Waals surface area contributed by atoms with Crippen molar-refractivity contribution in [2.24, 2.45) is 0 Å². The van der Waals surface area contributed by atoms with Gasteiger partial charge in [-0.3, -0.25) is 0 Å². The molecule has 0 fully saturated rings. The Hall–Kier alpha value is -7.36. The van der Waals surface area contributed by atoms with Gasteiger partial charge in [-0.05, 0) is 76.0 Å². The Balaban J connectivity index is 1.24. The molecule has 0 aliphatic heterocycles. The van der Waals surface area contributed by atoms with Crippen molar-refractivity contribution >= 4 is 71.6 Å². The Kier molecular flexibility index (Phi) is 7.17. The van der Waals surface area contributed by atoms with Gasteiger partial charge in [-0.1, -0.05) is 152 Å². The van der Waals surface area contributed by atoms with E-state index in [-0.39, 0.29) is 0 Å². The van der Waals surface area contributed by atoms with Crippen molar-refractivity contribution < 1.29 is 4.42 Å². The van der Waals surface area contributed by atoms with E-state index in [2.05, 4.69) is 204 Å². The zero-order chi connectivity index (χ0) is 36.3. The third kappa shape index (κ3) is 5.05. The highest BCUT2D eigenvalue weighted by Gasteiger charge is 2.24. The Labute approximate surface area is 318 Å². The number of hydrogen-bond acceptors (Lipinski definition) is 2. The third-order valence-electron chi connectivity index (χ3n) is 11.0. The van der Waals surface area contributed by atoms with Crippen LogP contribution in [0.1, 0.15) is 0 Å². The van der Waals surface area contributed by atoms with Crippen LogP contribution in [0.15, 0.2) is 211 Å². The van der Waals surface area contributed by atoms with Gasteiger partial charge >= 0.3 is 0 Å². The molecular formula is C52H34N2O. The van der Waals surface area contributed by atoms with Crippen LogP contribution in [-0.2, 0) is 0 Å². The lowest BCUT2D eigenvalue weighted by Gasteiger charge is -2.31. The van der Waals surface area contributed by atoms with Gasteiger partial charge in [0.25, 0.3) is 0 Å². The van der Waals surface area contributed by atoms with Crippen LogP contribution in [0.4, 0.5) is 17.1 Å². The molecule has 0 aliphatic carbocycles. The SMILES string of the molecule is c1ccc(-c2ccc(-c3cccc4ccccc34)cc2N(c2ccc3c(c2)oc2ccccc23)c2ccccc2-n2c3ccccc3c3ccccc32)cc1. The molecular weight excluding hydrogens is 669 g/mol. The molecule has 0 aliphatic rings. The van der Waals surface area contributed by atoms with Crippen LogP contribution in [0.25, 0.3) is 82.5 Å². The quantitative estimate of drug-likeness (QED) is 0.172. The molecule has 2 aromatic heterocycles. The van der Waals surface area contributed by atoms with Crippen LogP contribution >= 0.6 is 0 Å². The maximum Gasteiger partial charge on any atom is 0.137 e. The Morgan fingerprint density at radius 2 is 1.00 bits per heavy atom. The van der Waals surface area contributed by atoms with E-state index in [0.717, 1.165) is 72.4 Å². The number of rotatable bonds is 6. The number of fused-ring (bicyclic) bond motifs is 7. The maximum absolute atomic E-state index is 6.56. The second kappa shape index (κ2) is 12.6. The van der Waals surface area contributed by atoms with Crippen molar-refractivity contribution in [1.29, 1.82) is 0 Å². The van der Waals surface area contributed by atoms with Gasteiger partial charge in [0.1, 0.15) is 11.2 Å². The van der Waals surface area contributed by atoms with E-state index in [9.17, 15) is 0 Å². The summed E-state index contributed by atoms with van der Waals surface area (Å²) < 4.78 is 8.98. The molecule has 0 radical (unpaired) electrons. The molecule has 11 aromatic rings. The summed E-state index contributed by atoms with van der Waals surface area (Å²) in [5, 5.41) is 7.12. The van der Waals surface area contributed by atoms with Gasteiger partial charge in [0, 0.05) is 38.9 Å². The molecule has 0 saturated carbocycles. The van der Waals surface area contributed by atoms with Crippen LogP contribution in [-0.4, -0.2) is 4.57 Å². The Morgan fingerprint density at radius 3 is 1.82 bits per heavy atom. The lowest BCUT2D eigenvalue weighted by Crippen LogP contribution is -2.14. The lowest BCUT2D eigenvalue weighted by molar-refractivity contribution is 0.669. The predicted octanol–water partition coefficient (Wildman–Crippen LogP) is 14.6. The highest BCUT2D eigenvalue weighted by Crippen LogP contribution is 2.47. The summed E-state index contributed by atoms with van der Waals surface area (Å²) in [6.07, 6.45) is 0. The van der Waals surface area contributed by atoms with Gasteiger partial charge in [-0.15, -0.1) is 0 Å². The monoisotopic (exact) mass is 702 g/mol. The van der Waals surface area contributed by atoms with Crippen molar-refractivity contribution in [3.8, 4) is 27.9 Å². The first-order valence-electron chi connectivity index (χ1n) is 18.8. The maximum atomic E-state index is 6.56. The van der Waals surface area contributed by atoms with Crippen LogP contribution < -0.4 is 4.90 Å². The van der Waals surface area contributed by atoms with Crippen LogP contribution in [0, 0.1) is 0 Å². The molecule has 258 valence electrons. The third-order valence-corrected chi connectivity index (χ3v) is 11.0. The van der Waals surface area contributed by atoms with Gasteiger partial charge in [-0.2, -0.15) is 0 Å². The summed E-state index contributed by atoms with van der Waals surface area (Å²) in [7, 11) is 0. The number of furan rings is 1. The largest absolute Gasteiger partial charge is 0.456 e. The molecule has 0 N–H and O–H groups in total. The number of aromatic nitrogens is 1. The molecule has 0 bridgehead atoms. The fourth-order valence-corrected chi connectivity index (χ4v) is 8.51. The highest BCUT2D eigenvalue weighted by atomic mass is 16.3. The van der Waals surface area contributed by atoms with Gasteiger partial charge in [-0.25, -0.2) is 0 Å². The minimum Gasteiger partial charge on any atom is -0.456 e. The topological polar surface area (TPSA) is 21.3 Å². The minimum absolute atomic E-state index is 0.851. The van der Waals surface area contributed by atoms with Crippen LogP contribution in [0.2, 0.25) is 0 Å². The number of benzene rings is 9. The highest BCUT2D eigenvalue weighted by molar-refractivity contribution is 6.11. The second-order valence-corrected chi connectivity index (χ2v) is 14.1. The normalized spacial score (nSPS) is 11.6. The number of anilines is 3. The predicted molar refractivity (Wildman–Crippen MR) is 231 cm³/mol. The molecule has 55 heavy (non-hydrogen) atoms. The van der Waals surface area contributed by atoms with Crippen molar-refractivity contribution in [3.05, 3.63) is 206 Å². The van der Waals surface area contributed by atoms with E-state index in [1.54, 1.807) is 0 Å². The van der Waals surface area contributed by atoms with Crippen molar-refractivity contribution in [2.75, 3.05) is 4.90 Å². The average Bonchev–Trinajstić information content (AvgIpc) is 3.79. The van der Waals surface area contributed by atoms with Crippen molar-refractivity contribution in [3.63, 3.8) is 0 Å². The van der Waals surface area contributed by atoms with E-state index in [1.807, 2.05) is 12.1 Å². The average molecular weight is 703 g/mol. The van der Waals surface area contributed by atoms with E-state index in [1.165, 1.54) is 27.1 Å². The molecule has 0 amide bonds. The standard InChI is InChI=1S/C52H34N2O/c1-2-15-36(16-3-1)41-31-29-37(40-23-14-18-35-17-4-5-19-39(35)40)33-50(41)53(38-30-32-45-44-22-8-13-28-51(44)55-52(45)34-38)48-26-11-12-27-49(48)54-46-24-9-6-20-42(46)43-21-7-10-25-47(43)54/h1-34H. The molecule has 3 nitrogen and oxygen atoms in total. The molecule has 9 aromatic carbocycles. The summed E-state index contributed by atoms with van der Waals surface area (Å²) >= 11 is 0. The van der Waals surface area contributed by atoms with E-state index in [4.69, 9.17) is 4.42 Å². The van der Waals surface area contributed by atoms with Crippen LogP contribution in [0.5, 0.6) is 0 Å². The minimum atomic E-state index is 0.851. The summed E-state index contributed by atoms with van der Waals surface area (Å²) in [6.45, 7) is 0.